The van der Waals surface area contributed by atoms with Gasteiger partial charge in [0.2, 0.25) is 0 Å². The van der Waals surface area contributed by atoms with E-state index in [4.69, 9.17) is 14.2 Å². The molecule has 2 unspecified atom stereocenters. The maximum absolute atomic E-state index is 12.8. The molecule has 1 aliphatic heterocycles. The van der Waals surface area contributed by atoms with Gasteiger partial charge in [-0.1, -0.05) is 45.8 Å². The summed E-state index contributed by atoms with van der Waals surface area (Å²) in [5.74, 6) is 5.66. The second kappa shape index (κ2) is 10.1. The molecule has 2 aliphatic rings. The molecule has 0 spiro atoms. The zero-order valence-corrected chi connectivity index (χ0v) is 21.9. The number of benzene rings is 1. The van der Waals surface area contributed by atoms with Crippen LogP contribution >= 0.6 is 10.0 Å². The van der Waals surface area contributed by atoms with E-state index in [0.29, 0.717) is 17.6 Å². The van der Waals surface area contributed by atoms with E-state index in [1.54, 1.807) is 0 Å². The molecular formula is C27H42O4S. The van der Waals surface area contributed by atoms with Crippen LogP contribution in [0.2, 0.25) is 0 Å². The van der Waals surface area contributed by atoms with Crippen LogP contribution in [0.25, 0.3) is 0 Å². The lowest BCUT2D eigenvalue weighted by Crippen LogP contribution is -2.45. The highest BCUT2D eigenvalue weighted by Gasteiger charge is 2.45. The van der Waals surface area contributed by atoms with Gasteiger partial charge < -0.3 is 14.2 Å². The van der Waals surface area contributed by atoms with Gasteiger partial charge in [-0.25, -0.2) is 14.8 Å². The first-order valence-electron chi connectivity index (χ1n) is 12.3. The minimum absolute atomic E-state index is 0.188. The fourth-order valence-electron chi connectivity index (χ4n) is 5.23. The molecule has 3 rings (SSSR count). The van der Waals surface area contributed by atoms with Crippen molar-refractivity contribution in [3.63, 3.8) is 0 Å². The lowest BCUT2D eigenvalue weighted by atomic mass is 9.68. The van der Waals surface area contributed by atoms with Crippen LogP contribution in [0.3, 0.4) is 0 Å². The summed E-state index contributed by atoms with van der Waals surface area (Å²) in [7, 11) is -0.931. The predicted octanol–water partition coefficient (Wildman–Crippen LogP) is 7.59. The molecule has 1 heterocycles. The number of carbonyl (C=O) groups is 1. The van der Waals surface area contributed by atoms with Crippen molar-refractivity contribution in [2.24, 2.45) is 5.92 Å². The first kappa shape index (κ1) is 25.0. The Bertz CT molecular complexity index is 845. The fourth-order valence-corrected chi connectivity index (χ4v) is 7.30. The summed E-state index contributed by atoms with van der Waals surface area (Å²) < 4.78 is 18.2. The van der Waals surface area contributed by atoms with E-state index in [1.807, 2.05) is 6.07 Å². The molecule has 180 valence electrons. The van der Waals surface area contributed by atoms with Crippen molar-refractivity contribution in [2.45, 2.75) is 85.7 Å². The van der Waals surface area contributed by atoms with Gasteiger partial charge in [-0.15, -0.1) is 0 Å². The van der Waals surface area contributed by atoms with Crippen molar-refractivity contribution in [1.82, 2.24) is 0 Å². The van der Waals surface area contributed by atoms with Crippen LogP contribution in [0.4, 0.5) is 4.79 Å². The zero-order valence-electron chi connectivity index (χ0n) is 21.1. The Morgan fingerprint density at radius 1 is 1.16 bits per heavy atom. The molecule has 1 aliphatic carbocycles. The lowest BCUT2D eigenvalue weighted by molar-refractivity contribution is 0.0105. The molecule has 0 N–H and O–H groups in total. The number of carbonyl (C=O) groups excluding carboxylic acids is 1. The Balaban J connectivity index is 1.95. The van der Waals surface area contributed by atoms with Crippen LogP contribution in [-0.4, -0.2) is 35.0 Å². The number of aryl methyl sites for hydroxylation is 1. The van der Waals surface area contributed by atoms with Crippen LogP contribution in [-0.2, 0) is 11.2 Å². The van der Waals surface area contributed by atoms with Gasteiger partial charge in [0, 0.05) is 17.4 Å². The first-order valence-corrected chi connectivity index (χ1v) is 14.6. The Kier molecular flexibility index (Phi) is 7.90. The number of allylic oxidation sites excluding steroid dienone is 2. The van der Waals surface area contributed by atoms with Crippen LogP contribution in [0.15, 0.2) is 23.8 Å². The van der Waals surface area contributed by atoms with Crippen molar-refractivity contribution >= 4 is 16.2 Å². The second-order valence-corrected chi connectivity index (χ2v) is 14.3. The molecule has 2 atom stereocenters. The average Bonchev–Trinajstić information content (AvgIpc) is 2.74. The van der Waals surface area contributed by atoms with Crippen molar-refractivity contribution < 1.29 is 19.0 Å². The molecule has 1 aromatic carbocycles. The molecule has 1 aromatic rings. The van der Waals surface area contributed by atoms with E-state index in [0.717, 1.165) is 59.8 Å². The molecule has 4 nitrogen and oxygen atoms in total. The van der Waals surface area contributed by atoms with Crippen molar-refractivity contribution in [3.05, 3.63) is 34.9 Å². The van der Waals surface area contributed by atoms with E-state index >= 15 is 0 Å². The van der Waals surface area contributed by atoms with Crippen LogP contribution < -0.4 is 9.47 Å². The van der Waals surface area contributed by atoms with Gasteiger partial charge in [-0.05, 0) is 75.0 Å². The highest BCUT2D eigenvalue weighted by atomic mass is 32.3. The van der Waals surface area contributed by atoms with Gasteiger partial charge in [-0.3, -0.25) is 0 Å². The summed E-state index contributed by atoms with van der Waals surface area (Å²) >= 11 is 0. The number of ether oxygens (including phenoxy) is 3. The number of fused-ring (bicyclic) bond motifs is 3. The fraction of sp³-hybridized carbons (Fsp3) is 0.667. The molecule has 0 bridgehead atoms. The van der Waals surface area contributed by atoms with Crippen molar-refractivity contribution in [2.75, 3.05) is 23.2 Å². The Labute approximate surface area is 196 Å². The van der Waals surface area contributed by atoms with E-state index in [9.17, 15) is 4.79 Å². The van der Waals surface area contributed by atoms with Gasteiger partial charge in [0.15, 0.2) is 0 Å². The van der Waals surface area contributed by atoms with Gasteiger partial charge in [-0.2, -0.15) is 0 Å². The summed E-state index contributed by atoms with van der Waals surface area (Å²) in [4.78, 5) is 12.8. The van der Waals surface area contributed by atoms with Gasteiger partial charge >= 0.3 is 6.16 Å². The van der Waals surface area contributed by atoms with Crippen LogP contribution in [0.5, 0.6) is 11.5 Å². The minimum Gasteiger partial charge on any atom is -0.487 e. The lowest BCUT2D eigenvalue weighted by Gasteiger charge is -2.46. The molecule has 0 amide bonds. The molecule has 0 saturated heterocycles. The third-order valence-electron chi connectivity index (χ3n) is 7.51. The molecule has 0 fully saturated rings. The number of rotatable bonds is 8. The number of hydrogen-bond donors (Lipinski definition) is 0. The highest BCUT2D eigenvalue weighted by Crippen LogP contribution is 2.54. The smallest absolute Gasteiger partial charge is 0.487 e. The predicted molar refractivity (Wildman–Crippen MR) is 136 cm³/mol. The maximum atomic E-state index is 12.8. The summed E-state index contributed by atoms with van der Waals surface area (Å²) in [6.45, 7) is 15.3. The minimum atomic E-state index is -0.931. The van der Waals surface area contributed by atoms with Gasteiger partial charge in [0.05, 0.1) is 0 Å². The largest absolute Gasteiger partial charge is 0.514 e. The number of hydrogen-bond acceptors (Lipinski definition) is 4. The molecule has 32 heavy (non-hydrogen) atoms. The van der Waals surface area contributed by atoms with Crippen molar-refractivity contribution in [3.8, 4) is 11.5 Å². The molecule has 0 radical (unpaired) electrons. The van der Waals surface area contributed by atoms with Crippen LogP contribution in [0, 0.1) is 5.92 Å². The van der Waals surface area contributed by atoms with E-state index < -0.39 is 16.2 Å². The molecule has 0 aromatic heterocycles. The third-order valence-corrected chi connectivity index (χ3v) is 11.8. The third kappa shape index (κ3) is 5.13. The van der Waals surface area contributed by atoms with E-state index in [1.165, 1.54) is 5.57 Å². The topological polar surface area (TPSA) is 44.8 Å². The van der Waals surface area contributed by atoms with Crippen LogP contribution in [0.1, 0.15) is 84.8 Å². The molecular weight excluding hydrogens is 420 g/mol. The quantitative estimate of drug-likeness (QED) is 0.227. The maximum Gasteiger partial charge on any atom is 0.514 e. The summed E-state index contributed by atoms with van der Waals surface area (Å²) in [6, 6.07) is 4.17. The van der Waals surface area contributed by atoms with E-state index in [2.05, 4.69) is 60.6 Å². The normalized spacial score (nSPS) is 22.2. The molecule has 5 heteroatoms. The molecule has 0 saturated carbocycles. The zero-order chi connectivity index (χ0) is 23.5. The Hall–Kier alpha value is -1.62. The first-order chi connectivity index (χ1) is 15.2. The van der Waals surface area contributed by atoms with E-state index in [-0.39, 0.29) is 11.5 Å². The summed E-state index contributed by atoms with van der Waals surface area (Å²) in [5, 5.41) is 0. The standard InChI is InChI=1S/C27H42O4S/c1-8-12-20-16-23(30-26(28)29-18-32(9-2,10-3)11-4)25-21-15-19(5)13-14-22(21)27(6,7)31-24(25)17-20/h15-17,21-22H,8-14,18H2,1-7H3. The SMILES string of the molecule is CCCc1cc(OC(=O)OCS(CC)(CC)CC)c2c(c1)OC(C)(C)C1CCC(C)=CC21. The van der Waals surface area contributed by atoms with Crippen molar-refractivity contribution in [1.29, 1.82) is 0 Å². The summed E-state index contributed by atoms with van der Waals surface area (Å²) in [6.07, 6.45) is 5.87. The average molecular weight is 463 g/mol. The van der Waals surface area contributed by atoms with Gasteiger partial charge in [0.25, 0.3) is 0 Å². The monoisotopic (exact) mass is 462 g/mol. The Morgan fingerprint density at radius 2 is 1.84 bits per heavy atom. The second-order valence-electron chi connectivity index (χ2n) is 9.85. The van der Waals surface area contributed by atoms with Gasteiger partial charge in [0.1, 0.15) is 23.0 Å². The summed E-state index contributed by atoms with van der Waals surface area (Å²) in [5.41, 5.74) is 3.27. The Morgan fingerprint density at radius 3 is 2.47 bits per heavy atom. The highest BCUT2D eigenvalue weighted by molar-refractivity contribution is 8.33.